The Morgan fingerprint density at radius 1 is 1.44 bits per heavy atom. The SMILES string of the molecule is COc1cc(O)c(C(=O)O)cc1C1(O)CC1. The van der Waals surface area contributed by atoms with E-state index in [0.717, 1.165) is 0 Å². The number of ether oxygens (including phenoxy) is 1. The summed E-state index contributed by atoms with van der Waals surface area (Å²) >= 11 is 0. The lowest BCUT2D eigenvalue weighted by atomic mass is 10.0. The van der Waals surface area contributed by atoms with Crippen LogP contribution in [0.5, 0.6) is 11.5 Å². The highest BCUT2D eigenvalue weighted by Gasteiger charge is 2.45. The van der Waals surface area contributed by atoms with Gasteiger partial charge in [-0.2, -0.15) is 0 Å². The van der Waals surface area contributed by atoms with Gasteiger partial charge in [0.25, 0.3) is 0 Å². The molecule has 0 heterocycles. The van der Waals surface area contributed by atoms with E-state index in [1.807, 2.05) is 0 Å². The minimum absolute atomic E-state index is 0.226. The van der Waals surface area contributed by atoms with Crippen LogP contribution in [0.2, 0.25) is 0 Å². The Balaban J connectivity index is 2.57. The molecule has 0 spiro atoms. The second-order valence-corrected chi connectivity index (χ2v) is 3.91. The molecule has 1 aliphatic carbocycles. The fraction of sp³-hybridized carbons (Fsp3) is 0.364. The highest BCUT2D eigenvalue weighted by molar-refractivity contribution is 5.91. The first-order chi connectivity index (χ1) is 7.48. The second-order valence-electron chi connectivity index (χ2n) is 3.91. The quantitative estimate of drug-likeness (QED) is 0.715. The van der Waals surface area contributed by atoms with E-state index in [-0.39, 0.29) is 11.3 Å². The molecule has 0 saturated heterocycles. The molecular formula is C11H12O5. The number of aromatic carboxylic acids is 1. The molecule has 1 saturated carbocycles. The van der Waals surface area contributed by atoms with Crippen LogP contribution in [0.15, 0.2) is 12.1 Å². The van der Waals surface area contributed by atoms with E-state index < -0.39 is 11.6 Å². The third-order valence-corrected chi connectivity index (χ3v) is 2.77. The van der Waals surface area contributed by atoms with E-state index in [1.165, 1.54) is 19.2 Å². The van der Waals surface area contributed by atoms with Crippen molar-refractivity contribution < 1.29 is 24.9 Å². The molecule has 2 rings (SSSR count). The second kappa shape index (κ2) is 3.38. The average molecular weight is 224 g/mol. The van der Waals surface area contributed by atoms with Gasteiger partial charge in [-0.3, -0.25) is 0 Å². The third kappa shape index (κ3) is 1.59. The molecule has 86 valence electrons. The normalized spacial score (nSPS) is 16.9. The fourth-order valence-corrected chi connectivity index (χ4v) is 1.66. The van der Waals surface area contributed by atoms with Gasteiger partial charge in [0.2, 0.25) is 0 Å². The van der Waals surface area contributed by atoms with E-state index in [1.54, 1.807) is 0 Å². The van der Waals surface area contributed by atoms with Crippen LogP contribution in [0.4, 0.5) is 0 Å². The number of carbonyl (C=O) groups is 1. The Labute approximate surface area is 91.9 Å². The lowest BCUT2D eigenvalue weighted by Crippen LogP contribution is -2.09. The Hall–Kier alpha value is -1.75. The van der Waals surface area contributed by atoms with E-state index in [9.17, 15) is 15.0 Å². The number of carboxylic acids is 1. The molecule has 1 aliphatic rings. The van der Waals surface area contributed by atoms with Gasteiger partial charge in [-0.25, -0.2) is 4.79 Å². The number of hydrogen-bond acceptors (Lipinski definition) is 4. The number of aromatic hydroxyl groups is 1. The number of benzene rings is 1. The largest absolute Gasteiger partial charge is 0.507 e. The number of rotatable bonds is 3. The summed E-state index contributed by atoms with van der Waals surface area (Å²) in [4.78, 5) is 10.8. The number of hydrogen-bond donors (Lipinski definition) is 3. The highest BCUT2D eigenvalue weighted by atomic mass is 16.5. The van der Waals surface area contributed by atoms with Crippen LogP contribution in [0.1, 0.15) is 28.8 Å². The van der Waals surface area contributed by atoms with Gasteiger partial charge in [0, 0.05) is 11.6 Å². The summed E-state index contributed by atoms with van der Waals surface area (Å²) in [6.07, 6.45) is 1.15. The van der Waals surface area contributed by atoms with Crippen molar-refractivity contribution in [3.8, 4) is 11.5 Å². The number of methoxy groups -OCH3 is 1. The lowest BCUT2D eigenvalue weighted by molar-refractivity contribution is 0.0693. The van der Waals surface area contributed by atoms with Crippen LogP contribution in [-0.2, 0) is 5.60 Å². The predicted molar refractivity (Wildman–Crippen MR) is 54.7 cm³/mol. The summed E-state index contributed by atoms with van der Waals surface area (Å²) in [7, 11) is 1.41. The summed E-state index contributed by atoms with van der Waals surface area (Å²) in [5, 5.41) is 28.3. The van der Waals surface area contributed by atoms with E-state index >= 15 is 0 Å². The monoisotopic (exact) mass is 224 g/mol. The average Bonchev–Trinajstić information content (AvgIpc) is 2.96. The van der Waals surface area contributed by atoms with E-state index in [2.05, 4.69) is 0 Å². The molecule has 0 bridgehead atoms. The minimum Gasteiger partial charge on any atom is -0.507 e. The van der Waals surface area contributed by atoms with Crippen LogP contribution in [0.25, 0.3) is 0 Å². The molecule has 16 heavy (non-hydrogen) atoms. The first-order valence-electron chi connectivity index (χ1n) is 4.85. The zero-order chi connectivity index (χ0) is 11.9. The van der Waals surface area contributed by atoms with Gasteiger partial charge in [-0.05, 0) is 18.9 Å². The van der Waals surface area contributed by atoms with Crippen LogP contribution >= 0.6 is 0 Å². The van der Waals surface area contributed by atoms with E-state index in [4.69, 9.17) is 9.84 Å². The summed E-state index contributed by atoms with van der Waals surface area (Å²) < 4.78 is 5.01. The van der Waals surface area contributed by atoms with Crippen molar-refractivity contribution in [3.05, 3.63) is 23.3 Å². The summed E-state index contributed by atoms with van der Waals surface area (Å²) in [5.41, 5.74) is -0.801. The van der Waals surface area contributed by atoms with Crippen molar-refractivity contribution in [1.29, 1.82) is 0 Å². The molecule has 0 radical (unpaired) electrons. The molecule has 0 atom stereocenters. The van der Waals surface area contributed by atoms with Crippen molar-refractivity contribution in [1.82, 2.24) is 0 Å². The van der Waals surface area contributed by atoms with Crippen molar-refractivity contribution in [2.24, 2.45) is 0 Å². The van der Waals surface area contributed by atoms with E-state index in [0.29, 0.717) is 24.2 Å². The van der Waals surface area contributed by atoms with Gasteiger partial charge < -0.3 is 20.1 Å². The third-order valence-electron chi connectivity index (χ3n) is 2.77. The predicted octanol–water partition coefficient (Wildman–Crippen LogP) is 1.08. The first kappa shape index (κ1) is 10.8. The first-order valence-corrected chi connectivity index (χ1v) is 4.85. The van der Waals surface area contributed by atoms with Gasteiger partial charge in [0.15, 0.2) is 0 Å². The maximum absolute atomic E-state index is 10.8. The number of phenols is 1. The molecule has 5 nitrogen and oxygen atoms in total. The van der Waals surface area contributed by atoms with Crippen LogP contribution in [-0.4, -0.2) is 28.4 Å². The molecule has 0 amide bonds. The number of carboxylic acid groups (broad SMARTS) is 1. The molecule has 3 N–H and O–H groups in total. The van der Waals surface area contributed by atoms with Crippen molar-refractivity contribution in [3.63, 3.8) is 0 Å². The maximum Gasteiger partial charge on any atom is 0.339 e. The van der Waals surface area contributed by atoms with Gasteiger partial charge in [0.1, 0.15) is 17.1 Å². The lowest BCUT2D eigenvalue weighted by Gasteiger charge is -2.14. The molecule has 5 heteroatoms. The molecular weight excluding hydrogens is 212 g/mol. The van der Waals surface area contributed by atoms with Gasteiger partial charge >= 0.3 is 5.97 Å². The Bertz CT molecular complexity index is 448. The van der Waals surface area contributed by atoms with Crippen molar-refractivity contribution in [2.75, 3.05) is 7.11 Å². The van der Waals surface area contributed by atoms with Crippen LogP contribution < -0.4 is 4.74 Å². The Kier molecular flexibility index (Phi) is 2.27. The van der Waals surface area contributed by atoms with Gasteiger partial charge in [-0.1, -0.05) is 0 Å². The summed E-state index contributed by atoms with van der Waals surface area (Å²) in [5.74, 6) is -1.29. The Morgan fingerprint density at radius 3 is 2.50 bits per heavy atom. The van der Waals surface area contributed by atoms with Crippen LogP contribution in [0, 0.1) is 0 Å². The van der Waals surface area contributed by atoms with Crippen LogP contribution in [0.3, 0.4) is 0 Å². The zero-order valence-corrected chi connectivity index (χ0v) is 8.73. The molecule has 1 fully saturated rings. The van der Waals surface area contributed by atoms with Crippen molar-refractivity contribution in [2.45, 2.75) is 18.4 Å². The topological polar surface area (TPSA) is 87.0 Å². The smallest absolute Gasteiger partial charge is 0.339 e. The number of aliphatic hydroxyl groups is 1. The Morgan fingerprint density at radius 2 is 2.06 bits per heavy atom. The zero-order valence-electron chi connectivity index (χ0n) is 8.73. The summed E-state index contributed by atoms with van der Waals surface area (Å²) in [6.45, 7) is 0. The van der Waals surface area contributed by atoms with Gasteiger partial charge in [0.05, 0.1) is 12.7 Å². The molecule has 1 aromatic rings. The molecule has 1 aromatic carbocycles. The maximum atomic E-state index is 10.8. The molecule has 0 aliphatic heterocycles. The highest BCUT2D eigenvalue weighted by Crippen LogP contribution is 2.50. The fourth-order valence-electron chi connectivity index (χ4n) is 1.66. The summed E-state index contributed by atoms with van der Waals surface area (Å²) in [6, 6.07) is 2.48. The molecule has 0 aromatic heterocycles. The molecule has 0 unspecified atom stereocenters. The van der Waals surface area contributed by atoms with Gasteiger partial charge in [-0.15, -0.1) is 0 Å². The standard InChI is InChI=1S/C11H12O5/c1-16-9-5-8(12)6(10(13)14)4-7(9)11(15)2-3-11/h4-5,12,15H,2-3H2,1H3,(H,13,14). The van der Waals surface area contributed by atoms with Crippen molar-refractivity contribution >= 4 is 5.97 Å². The minimum atomic E-state index is -1.23.